The average molecular weight is 321 g/mol. The van der Waals surface area contributed by atoms with Gasteiger partial charge in [0.2, 0.25) is 5.89 Å². The molecule has 3 heterocycles. The van der Waals surface area contributed by atoms with Crippen LogP contribution in [0.2, 0.25) is 0 Å². The second kappa shape index (κ2) is 5.77. The Kier molecular flexibility index (Phi) is 3.45. The lowest BCUT2D eigenvalue weighted by atomic mass is 10.1. The van der Waals surface area contributed by atoms with Crippen LogP contribution >= 0.6 is 0 Å². The van der Waals surface area contributed by atoms with E-state index in [1.165, 1.54) is 0 Å². The summed E-state index contributed by atoms with van der Waals surface area (Å²) in [5, 5.41) is 14.3. The second-order valence-corrected chi connectivity index (χ2v) is 5.54. The fourth-order valence-electron chi connectivity index (χ4n) is 2.65. The normalized spacial score (nSPS) is 13.6. The Morgan fingerprint density at radius 1 is 1.21 bits per heavy atom. The maximum atomic E-state index is 12.0. The molecule has 0 saturated heterocycles. The van der Waals surface area contributed by atoms with Gasteiger partial charge in [0.25, 0.3) is 11.4 Å². The van der Waals surface area contributed by atoms with Gasteiger partial charge in [0.15, 0.2) is 0 Å². The molecule has 0 saturated carbocycles. The van der Waals surface area contributed by atoms with E-state index in [-0.39, 0.29) is 11.4 Å². The minimum absolute atomic E-state index is 0.191. The highest BCUT2D eigenvalue weighted by Crippen LogP contribution is 2.25. The average Bonchev–Trinajstić information content (AvgIpc) is 3.27. The maximum absolute atomic E-state index is 12.0. The van der Waals surface area contributed by atoms with Gasteiger partial charge in [-0.05, 0) is 24.6 Å². The summed E-state index contributed by atoms with van der Waals surface area (Å²) in [6.07, 6.45) is 5.30. The molecule has 3 aromatic rings. The van der Waals surface area contributed by atoms with Gasteiger partial charge < -0.3 is 9.32 Å². The van der Waals surface area contributed by atoms with E-state index < -0.39 is 0 Å². The van der Waals surface area contributed by atoms with E-state index in [1.54, 1.807) is 13.0 Å². The van der Waals surface area contributed by atoms with Crippen molar-refractivity contribution in [2.75, 3.05) is 11.4 Å². The highest BCUT2D eigenvalue weighted by molar-refractivity contribution is 5.67. The molecule has 0 amide bonds. The van der Waals surface area contributed by atoms with E-state index in [4.69, 9.17) is 4.42 Å². The minimum atomic E-state index is -0.360. The summed E-state index contributed by atoms with van der Waals surface area (Å²) >= 11 is 0. The quantitative estimate of drug-likeness (QED) is 0.797. The van der Waals surface area contributed by atoms with Crippen molar-refractivity contribution < 1.29 is 4.42 Å². The van der Waals surface area contributed by atoms with Crippen LogP contribution in [0.5, 0.6) is 0 Å². The zero-order valence-corrected chi connectivity index (χ0v) is 13.1. The molecular weight excluding hydrogens is 306 g/mol. The molecule has 1 N–H and O–H groups in total. The Labute approximate surface area is 137 Å². The zero-order valence-electron chi connectivity index (χ0n) is 13.1. The first-order valence-corrected chi connectivity index (χ1v) is 7.65. The third-order valence-corrected chi connectivity index (χ3v) is 3.88. The van der Waals surface area contributed by atoms with E-state index >= 15 is 0 Å². The first-order valence-electron chi connectivity index (χ1n) is 7.65. The zero-order chi connectivity index (χ0) is 16.5. The van der Waals surface area contributed by atoms with Crippen molar-refractivity contribution >= 4 is 5.69 Å². The summed E-state index contributed by atoms with van der Waals surface area (Å²) < 4.78 is 5.34. The van der Waals surface area contributed by atoms with Crippen LogP contribution in [0.3, 0.4) is 0 Å². The Hall–Kier alpha value is -3.22. The van der Waals surface area contributed by atoms with Crippen molar-refractivity contribution in [2.24, 2.45) is 0 Å². The lowest BCUT2D eigenvalue weighted by Crippen LogP contribution is -2.12. The van der Waals surface area contributed by atoms with Gasteiger partial charge in [0, 0.05) is 30.9 Å². The number of hydrogen-bond acceptors (Lipinski definition) is 6. The third kappa shape index (κ3) is 2.60. The highest BCUT2D eigenvalue weighted by Gasteiger charge is 2.13. The van der Waals surface area contributed by atoms with Crippen LogP contribution in [-0.2, 0) is 0 Å². The number of anilines is 1. The van der Waals surface area contributed by atoms with E-state index in [9.17, 15) is 4.79 Å². The molecular formula is C17H15N5O2. The van der Waals surface area contributed by atoms with E-state index in [0.717, 1.165) is 24.2 Å². The van der Waals surface area contributed by atoms with Crippen molar-refractivity contribution in [3.8, 4) is 22.7 Å². The van der Waals surface area contributed by atoms with Crippen molar-refractivity contribution in [3.05, 3.63) is 58.9 Å². The molecule has 7 nitrogen and oxygen atoms in total. The number of nitrogens with one attached hydrogen (secondary N) is 1. The highest BCUT2D eigenvalue weighted by atomic mass is 16.4. The Morgan fingerprint density at radius 3 is 2.71 bits per heavy atom. The molecule has 120 valence electrons. The Morgan fingerprint density at radius 2 is 2.04 bits per heavy atom. The molecule has 2 aromatic heterocycles. The first-order chi connectivity index (χ1) is 11.7. The van der Waals surface area contributed by atoms with E-state index in [2.05, 4.69) is 37.6 Å². The molecule has 7 heteroatoms. The topological polar surface area (TPSA) is 87.9 Å². The standard InChI is InChI=1S/C17H15N5O2/c1-11-18-21-17(24-11)14-10-15(19-20-16(14)23)12-4-6-13(7-5-12)22-8-2-3-9-22/h2,4-8,10H,3,9H2,1H3,(H,20,23). The number of hydrogen-bond donors (Lipinski definition) is 1. The predicted octanol–water partition coefficient (Wildman–Crippen LogP) is 2.52. The number of H-pyrrole nitrogens is 1. The van der Waals surface area contributed by atoms with Gasteiger partial charge in [-0.1, -0.05) is 18.2 Å². The van der Waals surface area contributed by atoms with Crippen LogP contribution < -0.4 is 10.5 Å². The van der Waals surface area contributed by atoms with Crippen LogP contribution in [0.1, 0.15) is 12.3 Å². The maximum Gasteiger partial charge on any atom is 0.277 e. The lowest BCUT2D eigenvalue weighted by Gasteiger charge is -2.15. The lowest BCUT2D eigenvalue weighted by molar-refractivity contribution is 0.532. The largest absolute Gasteiger partial charge is 0.421 e. The van der Waals surface area contributed by atoms with Gasteiger partial charge in [-0.25, -0.2) is 5.10 Å². The molecule has 0 aliphatic carbocycles. The summed E-state index contributed by atoms with van der Waals surface area (Å²) in [6, 6.07) is 9.69. The number of aryl methyl sites for hydroxylation is 1. The van der Waals surface area contributed by atoms with Crippen molar-refractivity contribution in [1.82, 2.24) is 20.4 Å². The van der Waals surface area contributed by atoms with Gasteiger partial charge in [-0.2, -0.15) is 5.10 Å². The van der Waals surface area contributed by atoms with Crippen LogP contribution in [0.4, 0.5) is 5.69 Å². The number of benzene rings is 1. The molecule has 0 radical (unpaired) electrons. The SMILES string of the molecule is Cc1nnc(-c2cc(-c3ccc(N4C=CCC4)cc3)n[nH]c2=O)o1. The van der Waals surface area contributed by atoms with E-state index in [0.29, 0.717) is 17.1 Å². The first kappa shape index (κ1) is 14.4. The molecule has 0 spiro atoms. The summed E-state index contributed by atoms with van der Waals surface area (Å²) in [7, 11) is 0. The van der Waals surface area contributed by atoms with Gasteiger partial charge in [-0.15, -0.1) is 10.2 Å². The smallest absolute Gasteiger partial charge is 0.277 e. The third-order valence-electron chi connectivity index (χ3n) is 3.88. The molecule has 1 aliphatic heterocycles. The summed E-state index contributed by atoms with van der Waals surface area (Å²) in [5.74, 6) is 0.599. The minimum Gasteiger partial charge on any atom is -0.421 e. The molecule has 4 rings (SSSR count). The Balaban J connectivity index is 1.69. The predicted molar refractivity (Wildman–Crippen MR) is 89.4 cm³/mol. The van der Waals surface area contributed by atoms with Crippen LogP contribution in [0, 0.1) is 6.92 Å². The van der Waals surface area contributed by atoms with Crippen molar-refractivity contribution in [1.29, 1.82) is 0 Å². The molecule has 1 aliphatic rings. The molecule has 1 aromatic carbocycles. The second-order valence-electron chi connectivity index (χ2n) is 5.54. The molecule has 0 bridgehead atoms. The molecule has 0 unspecified atom stereocenters. The van der Waals surface area contributed by atoms with Gasteiger partial charge in [-0.3, -0.25) is 4.79 Å². The van der Waals surface area contributed by atoms with Gasteiger partial charge in [0.05, 0.1) is 5.69 Å². The monoisotopic (exact) mass is 321 g/mol. The van der Waals surface area contributed by atoms with Crippen molar-refractivity contribution in [2.45, 2.75) is 13.3 Å². The fraction of sp³-hybridized carbons (Fsp3) is 0.176. The number of aromatic nitrogens is 4. The van der Waals surface area contributed by atoms with Gasteiger partial charge in [0.1, 0.15) is 5.56 Å². The Bertz CT molecular complexity index is 956. The van der Waals surface area contributed by atoms with Crippen molar-refractivity contribution in [3.63, 3.8) is 0 Å². The molecule has 24 heavy (non-hydrogen) atoms. The fourth-order valence-corrected chi connectivity index (χ4v) is 2.65. The summed E-state index contributed by atoms with van der Waals surface area (Å²) in [6.45, 7) is 2.68. The van der Waals surface area contributed by atoms with Crippen LogP contribution in [0.25, 0.3) is 22.7 Å². The van der Waals surface area contributed by atoms with Crippen LogP contribution in [0.15, 0.2) is 51.8 Å². The van der Waals surface area contributed by atoms with Crippen LogP contribution in [-0.4, -0.2) is 26.9 Å². The van der Waals surface area contributed by atoms with E-state index in [1.807, 2.05) is 24.3 Å². The van der Waals surface area contributed by atoms with Gasteiger partial charge >= 0.3 is 0 Å². The molecule has 0 fully saturated rings. The number of aromatic amines is 1. The summed E-state index contributed by atoms with van der Waals surface area (Å²) in [4.78, 5) is 14.2. The summed E-state index contributed by atoms with van der Waals surface area (Å²) in [5.41, 5.74) is 2.62. The number of rotatable bonds is 3. The molecule has 0 atom stereocenters. The number of nitrogens with zero attached hydrogens (tertiary/aromatic N) is 4.